The summed E-state index contributed by atoms with van der Waals surface area (Å²) in [7, 11) is -3.77. The van der Waals surface area contributed by atoms with E-state index in [1.54, 1.807) is 12.1 Å². The predicted molar refractivity (Wildman–Crippen MR) is 126 cm³/mol. The standard InChI is InChI=1S/C24H30N4O4S/c1-2-3-11-28-21-8-7-18(33(25,29)30)15-19(21)26-24(28)16-27-10-4-5-20(27)17-6-9-22-23(14-17)32-13-12-31-22/h6-9,14-15,20H,2-5,10-13,16H2,1H3,(H2,25,29,30). The van der Waals surface area contributed by atoms with E-state index < -0.39 is 10.0 Å². The molecule has 0 saturated carbocycles. The summed E-state index contributed by atoms with van der Waals surface area (Å²) in [6.45, 7) is 5.85. The van der Waals surface area contributed by atoms with E-state index in [0.29, 0.717) is 25.3 Å². The molecule has 8 nitrogen and oxygen atoms in total. The predicted octanol–water partition coefficient (Wildman–Crippen LogP) is 3.59. The lowest BCUT2D eigenvalue weighted by Crippen LogP contribution is -2.25. The van der Waals surface area contributed by atoms with Gasteiger partial charge in [-0.25, -0.2) is 18.5 Å². The van der Waals surface area contributed by atoms with Crippen molar-refractivity contribution in [1.82, 2.24) is 14.5 Å². The molecular weight excluding hydrogens is 440 g/mol. The van der Waals surface area contributed by atoms with Gasteiger partial charge in [0.15, 0.2) is 11.5 Å². The lowest BCUT2D eigenvalue weighted by molar-refractivity contribution is 0.170. The minimum Gasteiger partial charge on any atom is -0.486 e. The molecule has 0 amide bonds. The number of nitrogens with two attached hydrogens (primary N) is 1. The van der Waals surface area contributed by atoms with Crippen molar-refractivity contribution in [2.75, 3.05) is 19.8 Å². The van der Waals surface area contributed by atoms with Crippen LogP contribution in [-0.4, -0.2) is 42.6 Å². The molecule has 0 aliphatic carbocycles. The molecule has 33 heavy (non-hydrogen) atoms. The van der Waals surface area contributed by atoms with Gasteiger partial charge in [0.05, 0.1) is 22.5 Å². The van der Waals surface area contributed by atoms with Crippen LogP contribution in [0, 0.1) is 0 Å². The number of hydrogen-bond donors (Lipinski definition) is 1. The molecule has 0 bridgehead atoms. The Labute approximate surface area is 194 Å². The van der Waals surface area contributed by atoms with Crippen LogP contribution in [0.1, 0.15) is 50.0 Å². The molecule has 176 valence electrons. The van der Waals surface area contributed by atoms with E-state index in [4.69, 9.17) is 19.6 Å². The number of fused-ring (bicyclic) bond motifs is 2. The smallest absolute Gasteiger partial charge is 0.238 e. The van der Waals surface area contributed by atoms with Crippen LogP contribution in [0.3, 0.4) is 0 Å². The molecule has 2 aromatic carbocycles. The van der Waals surface area contributed by atoms with Crippen LogP contribution in [0.25, 0.3) is 11.0 Å². The van der Waals surface area contributed by atoms with E-state index in [0.717, 1.165) is 61.6 Å². The van der Waals surface area contributed by atoms with Crippen LogP contribution in [0.4, 0.5) is 0 Å². The van der Waals surface area contributed by atoms with Crippen molar-refractivity contribution in [3.63, 3.8) is 0 Å². The fourth-order valence-electron chi connectivity index (χ4n) is 4.86. The lowest BCUT2D eigenvalue weighted by Gasteiger charge is -2.26. The Morgan fingerprint density at radius 3 is 2.73 bits per heavy atom. The van der Waals surface area contributed by atoms with Gasteiger partial charge in [0.2, 0.25) is 10.0 Å². The summed E-state index contributed by atoms with van der Waals surface area (Å²) in [5, 5.41) is 5.35. The molecular formula is C24H30N4O4S. The fourth-order valence-corrected chi connectivity index (χ4v) is 5.40. The van der Waals surface area contributed by atoms with Gasteiger partial charge in [-0.2, -0.15) is 0 Å². The first kappa shape index (κ1) is 22.2. The zero-order valence-electron chi connectivity index (χ0n) is 18.9. The summed E-state index contributed by atoms with van der Waals surface area (Å²) in [5.74, 6) is 2.58. The molecule has 2 N–H and O–H groups in total. The maximum atomic E-state index is 11.8. The van der Waals surface area contributed by atoms with Crippen LogP contribution in [-0.2, 0) is 23.1 Å². The molecule has 1 atom stereocenters. The highest BCUT2D eigenvalue weighted by molar-refractivity contribution is 7.89. The van der Waals surface area contributed by atoms with E-state index in [2.05, 4.69) is 28.5 Å². The summed E-state index contributed by atoms with van der Waals surface area (Å²) in [6.07, 6.45) is 4.28. The highest BCUT2D eigenvalue weighted by atomic mass is 32.2. The van der Waals surface area contributed by atoms with Gasteiger partial charge in [-0.1, -0.05) is 19.4 Å². The SMILES string of the molecule is CCCCn1c(CN2CCCC2c2ccc3c(c2)OCCO3)nc2cc(S(N)(=O)=O)ccc21. The van der Waals surface area contributed by atoms with Crippen molar-refractivity contribution < 1.29 is 17.9 Å². The number of aryl methyl sites for hydroxylation is 1. The first-order chi connectivity index (χ1) is 15.9. The average molecular weight is 471 g/mol. The first-order valence-corrected chi connectivity index (χ1v) is 13.1. The number of primary sulfonamides is 1. The molecule has 0 radical (unpaired) electrons. The lowest BCUT2D eigenvalue weighted by atomic mass is 10.0. The van der Waals surface area contributed by atoms with Gasteiger partial charge in [-0.3, -0.25) is 4.90 Å². The third kappa shape index (κ3) is 4.45. The zero-order valence-corrected chi connectivity index (χ0v) is 19.7. The number of sulfonamides is 1. The van der Waals surface area contributed by atoms with Crippen LogP contribution in [0.15, 0.2) is 41.3 Å². The monoisotopic (exact) mass is 470 g/mol. The molecule has 1 unspecified atom stereocenters. The molecule has 5 rings (SSSR count). The third-order valence-corrected chi connectivity index (χ3v) is 7.43. The summed E-state index contributed by atoms with van der Waals surface area (Å²) in [4.78, 5) is 7.41. The molecule has 9 heteroatoms. The largest absolute Gasteiger partial charge is 0.486 e. The van der Waals surface area contributed by atoms with E-state index in [1.807, 2.05) is 12.1 Å². The Balaban J connectivity index is 1.46. The second kappa shape index (κ2) is 8.96. The highest BCUT2D eigenvalue weighted by Crippen LogP contribution is 2.38. The van der Waals surface area contributed by atoms with Gasteiger partial charge < -0.3 is 14.0 Å². The number of unbranched alkanes of at least 4 members (excludes halogenated alkanes) is 1. The maximum Gasteiger partial charge on any atom is 0.238 e. The Bertz CT molecular complexity index is 1270. The number of ether oxygens (including phenoxy) is 2. The summed E-state index contributed by atoms with van der Waals surface area (Å²) < 4.78 is 37.4. The maximum absolute atomic E-state index is 11.8. The number of aromatic nitrogens is 2. The molecule has 3 heterocycles. The fraction of sp³-hybridized carbons (Fsp3) is 0.458. The van der Waals surface area contributed by atoms with E-state index in [9.17, 15) is 8.42 Å². The molecule has 2 aliphatic rings. The number of rotatable bonds is 7. The number of hydrogen-bond acceptors (Lipinski definition) is 6. The number of imidazole rings is 1. The average Bonchev–Trinajstić information content (AvgIpc) is 3.40. The molecule has 1 saturated heterocycles. The summed E-state index contributed by atoms with van der Waals surface area (Å²) in [5.41, 5.74) is 2.84. The first-order valence-electron chi connectivity index (χ1n) is 11.6. The van der Waals surface area contributed by atoms with Crippen LogP contribution in [0.2, 0.25) is 0 Å². The van der Waals surface area contributed by atoms with E-state index in [1.165, 1.54) is 5.56 Å². The van der Waals surface area contributed by atoms with Crippen molar-refractivity contribution in [2.45, 2.75) is 56.6 Å². The van der Waals surface area contributed by atoms with Gasteiger partial charge in [-0.05, 0) is 61.7 Å². The topological polar surface area (TPSA) is 99.7 Å². The van der Waals surface area contributed by atoms with E-state index in [-0.39, 0.29) is 10.9 Å². The highest BCUT2D eigenvalue weighted by Gasteiger charge is 2.29. The van der Waals surface area contributed by atoms with E-state index >= 15 is 0 Å². The van der Waals surface area contributed by atoms with Gasteiger partial charge >= 0.3 is 0 Å². The number of likely N-dealkylation sites (tertiary alicyclic amines) is 1. The molecule has 1 fully saturated rings. The van der Waals surface area contributed by atoms with Crippen molar-refractivity contribution >= 4 is 21.1 Å². The van der Waals surface area contributed by atoms with Gasteiger partial charge in [0.25, 0.3) is 0 Å². The summed E-state index contributed by atoms with van der Waals surface area (Å²) in [6, 6.07) is 11.5. The second-order valence-electron chi connectivity index (χ2n) is 8.76. The molecule has 1 aromatic heterocycles. The summed E-state index contributed by atoms with van der Waals surface area (Å²) >= 11 is 0. The van der Waals surface area contributed by atoms with Crippen molar-refractivity contribution in [3.8, 4) is 11.5 Å². The van der Waals surface area contributed by atoms with Crippen molar-refractivity contribution in [1.29, 1.82) is 0 Å². The zero-order chi connectivity index (χ0) is 23.0. The van der Waals surface area contributed by atoms with Gasteiger partial charge in [0.1, 0.15) is 19.0 Å². The van der Waals surface area contributed by atoms with Crippen LogP contribution in [0.5, 0.6) is 11.5 Å². The van der Waals surface area contributed by atoms with Crippen LogP contribution >= 0.6 is 0 Å². The molecule has 3 aromatic rings. The van der Waals surface area contributed by atoms with Crippen molar-refractivity contribution in [3.05, 3.63) is 47.8 Å². The normalized spacial score (nSPS) is 18.8. The second-order valence-corrected chi connectivity index (χ2v) is 10.3. The third-order valence-electron chi connectivity index (χ3n) is 6.52. The van der Waals surface area contributed by atoms with Gasteiger partial charge in [0, 0.05) is 12.6 Å². The minimum atomic E-state index is -3.77. The van der Waals surface area contributed by atoms with Crippen molar-refractivity contribution in [2.24, 2.45) is 5.14 Å². The number of nitrogens with zero attached hydrogens (tertiary/aromatic N) is 3. The number of benzene rings is 2. The minimum absolute atomic E-state index is 0.0945. The molecule has 2 aliphatic heterocycles. The van der Waals surface area contributed by atoms with Crippen LogP contribution < -0.4 is 14.6 Å². The molecule has 0 spiro atoms. The Morgan fingerprint density at radius 2 is 1.94 bits per heavy atom. The quantitative estimate of drug-likeness (QED) is 0.566. The Morgan fingerprint density at radius 1 is 1.12 bits per heavy atom. The Hall–Kier alpha value is -2.62. The Kier molecular flexibility index (Phi) is 6.03. The van der Waals surface area contributed by atoms with Gasteiger partial charge in [-0.15, -0.1) is 0 Å².